The summed E-state index contributed by atoms with van der Waals surface area (Å²) < 4.78 is 32.4. The number of anilines is 1. The molecule has 0 bridgehead atoms. The molecule has 2 rings (SSSR count). The van der Waals surface area contributed by atoms with Crippen LogP contribution in [0.25, 0.3) is 0 Å². The third kappa shape index (κ3) is 5.34. The van der Waals surface area contributed by atoms with Crippen molar-refractivity contribution < 1.29 is 18.3 Å². The van der Waals surface area contributed by atoms with Crippen LogP contribution in [0, 0.1) is 25.5 Å². The average molecular weight is 362 g/mol. The molecule has 0 saturated heterocycles. The number of rotatable bonds is 8. The van der Waals surface area contributed by atoms with Crippen molar-refractivity contribution in [1.29, 1.82) is 0 Å². The topological polar surface area (TPSA) is 41.6 Å². The molecule has 6 heteroatoms. The molecule has 1 amide bonds. The minimum atomic E-state index is -0.894. The van der Waals surface area contributed by atoms with E-state index in [1.54, 1.807) is 12.0 Å². The summed E-state index contributed by atoms with van der Waals surface area (Å²) in [5, 5.41) is 2.88. The van der Waals surface area contributed by atoms with Gasteiger partial charge in [-0.25, -0.2) is 8.78 Å². The molecule has 0 aromatic heterocycles. The first-order chi connectivity index (χ1) is 12.4. The molecule has 140 valence electrons. The van der Waals surface area contributed by atoms with Gasteiger partial charge >= 0.3 is 0 Å². The van der Waals surface area contributed by atoms with E-state index in [-0.39, 0.29) is 24.6 Å². The van der Waals surface area contributed by atoms with Crippen molar-refractivity contribution >= 4 is 11.6 Å². The van der Waals surface area contributed by atoms with Gasteiger partial charge in [-0.05, 0) is 37.1 Å². The van der Waals surface area contributed by atoms with Crippen LogP contribution in [-0.2, 0) is 16.1 Å². The van der Waals surface area contributed by atoms with E-state index in [0.29, 0.717) is 13.2 Å². The predicted molar refractivity (Wildman–Crippen MR) is 98.1 cm³/mol. The molecule has 1 N–H and O–H groups in total. The van der Waals surface area contributed by atoms with Gasteiger partial charge in [0.05, 0.1) is 13.2 Å². The molecule has 0 heterocycles. The maximum absolute atomic E-state index is 13.9. The molecule has 0 aliphatic carbocycles. The number of halogens is 2. The fraction of sp³-hybridized carbons (Fsp3) is 0.350. The Balaban J connectivity index is 2.08. The van der Waals surface area contributed by atoms with Gasteiger partial charge in [-0.1, -0.05) is 24.3 Å². The summed E-state index contributed by atoms with van der Waals surface area (Å²) in [6.07, 6.45) is 0. The van der Waals surface area contributed by atoms with Crippen molar-refractivity contribution in [2.24, 2.45) is 0 Å². The fourth-order valence-corrected chi connectivity index (χ4v) is 2.63. The Morgan fingerprint density at radius 3 is 2.62 bits per heavy atom. The van der Waals surface area contributed by atoms with Crippen LogP contribution in [0.1, 0.15) is 16.7 Å². The molecule has 0 fully saturated rings. The summed E-state index contributed by atoms with van der Waals surface area (Å²) in [5.41, 5.74) is 3.04. The monoisotopic (exact) mass is 362 g/mol. The van der Waals surface area contributed by atoms with Gasteiger partial charge in [0.2, 0.25) is 5.91 Å². The zero-order chi connectivity index (χ0) is 19.1. The van der Waals surface area contributed by atoms with Crippen LogP contribution in [0.2, 0.25) is 0 Å². The lowest BCUT2D eigenvalue weighted by molar-refractivity contribution is -0.117. The van der Waals surface area contributed by atoms with Gasteiger partial charge in [0.25, 0.3) is 0 Å². The van der Waals surface area contributed by atoms with E-state index in [0.717, 1.165) is 22.9 Å². The third-order valence-electron chi connectivity index (χ3n) is 4.28. The second-order valence-electron chi connectivity index (χ2n) is 6.21. The van der Waals surface area contributed by atoms with Crippen LogP contribution in [0.4, 0.5) is 14.5 Å². The van der Waals surface area contributed by atoms with E-state index in [1.807, 2.05) is 32.0 Å². The normalized spacial score (nSPS) is 11.0. The highest BCUT2D eigenvalue weighted by Gasteiger charge is 2.16. The van der Waals surface area contributed by atoms with Gasteiger partial charge in [-0.3, -0.25) is 9.69 Å². The quantitative estimate of drug-likeness (QED) is 0.779. The van der Waals surface area contributed by atoms with E-state index >= 15 is 0 Å². The smallest absolute Gasteiger partial charge is 0.238 e. The number of methoxy groups -OCH3 is 1. The number of hydrogen-bond donors (Lipinski definition) is 1. The molecular formula is C20H24F2N2O2. The summed E-state index contributed by atoms with van der Waals surface area (Å²) in [7, 11) is 1.55. The Hall–Kier alpha value is -2.31. The first kappa shape index (κ1) is 20.0. The Kier molecular flexibility index (Phi) is 7.24. The Bertz CT molecular complexity index is 765. The van der Waals surface area contributed by atoms with Crippen molar-refractivity contribution in [2.75, 3.05) is 32.1 Å². The summed E-state index contributed by atoms with van der Waals surface area (Å²) in [4.78, 5) is 14.2. The largest absolute Gasteiger partial charge is 0.383 e. The van der Waals surface area contributed by atoms with E-state index in [1.165, 1.54) is 12.1 Å². The van der Waals surface area contributed by atoms with Gasteiger partial charge in [-0.2, -0.15) is 0 Å². The molecule has 0 atom stereocenters. The zero-order valence-corrected chi connectivity index (χ0v) is 15.3. The number of nitrogens with one attached hydrogen (secondary N) is 1. The molecule has 0 spiro atoms. The van der Waals surface area contributed by atoms with Crippen LogP contribution in [-0.4, -0.2) is 37.6 Å². The van der Waals surface area contributed by atoms with Crippen molar-refractivity contribution in [3.8, 4) is 0 Å². The van der Waals surface area contributed by atoms with E-state index in [4.69, 9.17) is 4.74 Å². The molecule has 2 aromatic carbocycles. The van der Waals surface area contributed by atoms with Gasteiger partial charge < -0.3 is 10.1 Å². The zero-order valence-electron chi connectivity index (χ0n) is 15.3. The minimum Gasteiger partial charge on any atom is -0.383 e. The fourth-order valence-electron chi connectivity index (χ4n) is 2.63. The summed E-state index contributed by atoms with van der Waals surface area (Å²) in [5.74, 6) is -1.99. The van der Waals surface area contributed by atoms with E-state index in [9.17, 15) is 13.6 Å². The van der Waals surface area contributed by atoms with Crippen LogP contribution in [0.3, 0.4) is 0 Å². The standard InChI is InChI=1S/C20H24F2N2O2/c1-14-6-4-9-18(15(14)2)23-19(25)13-24(10-11-26-3)12-16-7-5-8-17(21)20(16)22/h4-9H,10-13H2,1-3H3,(H,23,25). The number of benzene rings is 2. The summed E-state index contributed by atoms with van der Waals surface area (Å²) >= 11 is 0. The van der Waals surface area contributed by atoms with Crippen LogP contribution >= 0.6 is 0 Å². The number of amides is 1. The molecular weight excluding hydrogens is 338 g/mol. The molecule has 0 aliphatic rings. The highest BCUT2D eigenvalue weighted by atomic mass is 19.2. The van der Waals surface area contributed by atoms with Gasteiger partial charge in [0, 0.05) is 31.5 Å². The van der Waals surface area contributed by atoms with Gasteiger partial charge in [-0.15, -0.1) is 0 Å². The SMILES string of the molecule is COCCN(CC(=O)Nc1cccc(C)c1C)Cc1cccc(F)c1F. The van der Waals surface area contributed by atoms with Crippen LogP contribution in [0.15, 0.2) is 36.4 Å². The molecule has 0 radical (unpaired) electrons. The molecule has 2 aromatic rings. The number of hydrogen-bond acceptors (Lipinski definition) is 3. The lowest BCUT2D eigenvalue weighted by Gasteiger charge is -2.22. The second-order valence-corrected chi connectivity index (χ2v) is 6.21. The third-order valence-corrected chi connectivity index (χ3v) is 4.28. The maximum atomic E-state index is 13.9. The molecule has 0 saturated carbocycles. The number of carbonyl (C=O) groups excluding carboxylic acids is 1. The number of aryl methyl sites for hydroxylation is 1. The molecule has 4 nitrogen and oxygen atoms in total. The first-order valence-corrected chi connectivity index (χ1v) is 8.42. The molecule has 0 unspecified atom stereocenters. The van der Waals surface area contributed by atoms with E-state index in [2.05, 4.69) is 5.32 Å². The van der Waals surface area contributed by atoms with Gasteiger partial charge in [0.1, 0.15) is 0 Å². The minimum absolute atomic E-state index is 0.0483. The van der Waals surface area contributed by atoms with Gasteiger partial charge in [0.15, 0.2) is 11.6 Å². The van der Waals surface area contributed by atoms with E-state index < -0.39 is 11.6 Å². The lowest BCUT2D eigenvalue weighted by Crippen LogP contribution is -2.35. The van der Waals surface area contributed by atoms with Crippen LogP contribution < -0.4 is 5.32 Å². The van der Waals surface area contributed by atoms with Crippen molar-refractivity contribution in [2.45, 2.75) is 20.4 Å². The van der Waals surface area contributed by atoms with Crippen molar-refractivity contribution in [3.05, 3.63) is 64.7 Å². The Morgan fingerprint density at radius 1 is 1.15 bits per heavy atom. The predicted octanol–water partition coefficient (Wildman–Crippen LogP) is 3.67. The van der Waals surface area contributed by atoms with Crippen molar-refractivity contribution in [3.63, 3.8) is 0 Å². The highest BCUT2D eigenvalue weighted by molar-refractivity contribution is 5.93. The Morgan fingerprint density at radius 2 is 1.88 bits per heavy atom. The molecule has 0 aliphatic heterocycles. The summed E-state index contributed by atoms with van der Waals surface area (Å²) in [6, 6.07) is 9.74. The first-order valence-electron chi connectivity index (χ1n) is 8.42. The maximum Gasteiger partial charge on any atom is 0.238 e. The second kappa shape index (κ2) is 9.40. The molecule has 26 heavy (non-hydrogen) atoms. The highest BCUT2D eigenvalue weighted by Crippen LogP contribution is 2.18. The number of nitrogens with zero attached hydrogens (tertiary/aromatic N) is 1. The summed E-state index contributed by atoms with van der Waals surface area (Å²) in [6.45, 7) is 4.89. The Labute approximate surface area is 152 Å². The lowest BCUT2D eigenvalue weighted by atomic mass is 10.1. The van der Waals surface area contributed by atoms with Crippen molar-refractivity contribution in [1.82, 2.24) is 4.90 Å². The number of ether oxygens (including phenoxy) is 1. The van der Waals surface area contributed by atoms with Crippen LogP contribution in [0.5, 0.6) is 0 Å². The number of carbonyl (C=O) groups is 1. The average Bonchev–Trinajstić information content (AvgIpc) is 2.60.